The van der Waals surface area contributed by atoms with Crippen LogP contribution in [0.25, 0.3) is 0 Å². The van der Waals surface area contributed by atoms with Crippen LogP contribution in [0.4, 0.5) is 4.79 Å². The Morgan fingerprint density at radius 2 is 1.43 bits per heavy atom. The molecule has 6 nitrogen and oxygen atoms in total. The Labute approximate surface area is 143 Å². The molecule has 1 N–H and O–H groups in total. The van der Waals surface area contributed by atoms with E-state index in [0.717, 1.165) is 6.04 Å². The van der Waals surface area contributed by atoms with Crippen molar-refractivity contribution < 1.29 is 22.8 Å². The fourth-order valence-corrected chi connectivity index (χ4v) is 5.50. The largest absolute Gasteiger partial charge is 0.501 e. The Hall–Kier alpha value is -0.416. The minimum absolute atomic E-state index is 0.347. The van der Waals surface area contributed by atoms with Crippen molar-refractivity contribution in [1.82, 2.24) is 5.32 Å². The van der Waals surface area contributed by atoms with Crippen molar-refractivity contribution in [1.29, 1.82) is 0 Å². The summed E-state index contributed by atoms with van der Waals surface area (Å²) in [6.45, 7) is 15.3. The predicted octanol–water partition coefficient (Wildman–Crippen LogP) is 3.49. The summed E-state index contributed by atoms with van der Waals surface area (Å²) < 4.78 is 22.5. The van der Waals surface area contributed by atoms with E-state index in [1.165, 1.54) is 0 Å². The molecule has 0 aliphatic rings. The van der Waals surface area contributed by atoms with Gasteiger partial charge in [0.2, 0.25) is 0 Å². The summed E-state index contributed by atoms with van der Waals surface area (Å²) in [6.07, 6.45) is 0.327. The van der Waals surface area contributed by atoms with Crippen molar-refractivity contribution in [2.45, 2.75) is 58.9 Å². The lowest BCUT2D eigenvalue weighted by Crippen LogP contribution is -2.46. The second-order valence-corrected chi connectivity index (χ2v) is 14.8. The highest BCUT2D eigenvalue weighted by Gasteiger charge is 2.39. The Kier molecular flexibility index (Phi) is 11.8. The summed E-state index contributed by atoms with van der Waals surface area (Å²) in [5.74, 6) is 0. The average molecular weight is 366 g/mol. The van der Waals surface area contributed by atoms with Gasteiger partial charge in [-0.05, 0) is 33.2 Å². The molecule has 0 fully saturated rings. The fraction of sp³-hybridized carbons (Fsp3) is 0.933. The SMILES string of the molecule is CCO[Si](CCCOC(=O)NCC[Si](C)(C)C)(OCC)OCC. The zero-order chi connectivity index (χ0) is 17.8. The first-order valence-corrected chi connectivity index (χ1v) is 14.2. The second-order valence-electron chi connectivity index (χ2n) is 6.46. The summed E-state index contributed by atoms with van der Waals surface area (Å²) in [7, 11) is -3.75. The second kappa shape index (κ2) is 12.0. The predicted molar refractivity (Wildman–Crippen MR) is 97.6 cm³/mol. The molecule has 23 heavy (non-hydrogen) atoms. The van der Waals surface area contributed by atoms with Gasteiger partial charge >= 0.3 is 14.9 Å². The van der Waals surface area contributed by atoms with Crippen LogP contribution in [0.1, 0.15) is 27.2 Å². The molecule has 0 aromatic carbocycles. The van der Waals surface area contributed by atoms with E-state index < -0.39 is 16.9 Å². The standard InChI is InChI=1S/C15H35NO5Si2/c1-7-19-23(20-8-2,21-9-3)13-10-12-18-15(17)16-11-14-22(4,5)6/h7-14H2,1-6H3,(H,16,17). The van der Waals surface area contributed by atoms with Crippen LogP contribution in [-0.4, -0.2) is 55.9 Å². The number of amides is 1. The quantitative estimate of drug-likeness (QED) is 0.400. The first-order valence-electron chi connectivity index (χ1n) is 8.61. The van der Waals surface area contributed by atoms with Crippen LogP contribution in [-0.2, 0) is 18.0 Å². The zero-order valence-corrected chi connectivity index (χ0v) is 17.7. The molecule has 0 rings (SSSR count). The Morgan fingerprint density at radius 1 is 0.913 bits per heavy atom. The van der Waals surface area contributed by atoms with E-state index in [1.807, 2.05) is 20.8 Å². The van der Waals surface area contributed by atoms with Gasteiger partial charge < -0.3 is 23.3 Å². The number of hydrogen-bond acceptors (Lipinski definition) is 5. The monoisotopic (exact) mass is 365 g/mol. The maximum absolute atomic E-state index is 11.6. The first kappa shape index (κ1) is 22.6. The van der Waals surface area contributed by atoms with Crippen molar-refractivity contribution in [3.8, 4) is 0 Å². The molecule has 1 amide bonds. The first-order chi connectivity index (χ1) is 10.8. The molecule has 0 atom stereocenters. The fourth-order valence-electron chi connectivity index (χ4n) is 2.05. The number of carbonyl (C=O) groups is 1. The summed E-state index contributed by atoms with van der Waals surface area (Å²) in [5, 5.41) is 2.80. The molecule has 0 saturated carbocycles. The highest BCUT2D eigenvalue weighted by atomic mass is 28.4. The third-order valence-electron chi connectivity index (χ3n) is 3.10. The van der Waals surface area contributed by atoms with Crippen LogP contribution in [0.3, 0.4) is 0 Å². The molecule has 0 radical (unpaired) electrons. The average Bonchev–Trinajstić information content (AvgIpc) is 2.43. The third kappa shape index (κ3) is 11.7. The topological polar surface area (TPSA) is 66.0 Å². The lowest BCUT2D eigenvalue weighted by molar-refractivity contribution is 0.0682. The minimum atomic E-state index is -2.62. The summed E-state index contributed by atoms with van der Waals surface area (Å²) in [4.78, 5) is 11.6. The van der Waals surface area contributed by atoms with Gasteiger partial charge in [0.05, 0.1) is 6.61 Å². The maximum Gasteiger partial charge on any atom is 0.501 e. The molecule has 0 spiro atoms. The van der Waals surface area contributed by atoms with Crippen molar-refractivity contribution >= 4 is 23.0 Å². The normalized spacial score (nSPS) is 12.3. The van der Waals surface area contributed by atoms with Crippen LogP contribution in [0.5, 0.6) is 0 Å². The molecular weight excluding hydrogens is 330 g/mol. The zero-order valence-electron chi connectivity index (χ0n) is 15.7. The van der Waals surface area contributed by atoms with Crippen LogP contribution in [0.15, 0.2) is 0 Å². The number of ether oxygens (including phenoxy) is 1. The molecular formula is C15H35NO5Si2. The Balaban J connectivity index is 4.06. The van der Waals surface area contributed by atoms with Gasteiger partial charge in [0, 0.05) is 40.5 Å². The molecule has 0 aliphatic heterocycles. The van der Waals surface area contributed by atoms with Crippen LogP contribution < -0.4 is 5.32 Å². The summed E-state index contributed by atoms with van der Waals surface area (Å²) >= 11 is 0. The summed E-state index contributed by atoms with van der Waals surface area (Å²) in [5.41, 5.74) is 0. The van der Waals surface area contributed by atoms with Crippen LogP contribution in [0, 0.1) is 0 Å². The van der Waals surface area contributed by atoms with Crippen LogP contribution >= 0.6 is 0 Å². The van der Waals surface area contributed by atoms with Gasteiger partial charge in [0.1, 0.15) is 0 Å². The van der Waals surface area contributed by atoms with Gasteiger partial charge in [-0.25, -0.2) is 4.79 Å². The van der Waals surface area contributed by atoms with Gasteiger partial charge in [-0.1, -0.05) is 19.6 Å². The minimum Gasteiger partial charge on any atom is -0.450 e. The molecule has 0 aliphatic carbocycles. The van der Waals surface area contributed by atoms with Crippen molar-refractivity contribution in [3.63, 3.8) is 0 Å². The Morgan fingerprint density at radius 3 is 1.87 bits per heavy atom. The van der Waals surface area contributed by atoms with Gasteiger partial charge in [0.15, 0.2) is 0 Å². The maximum atomic E-state index is 11.6. The molecule has 0 aromatic heterocycles. The number of alkyl carbamates (subject to hydrolysis) is 1. The van der Waals surface area contributed by atoms with Crippen molar-refractivity contribution in [2.24, 2.45) is 0 Å². The number of rotatable bonds is 13. The lowest BCUT2D eigenvalue weighted by atomic mass is 10.5. The van der Waals surface area contributed by atoms with E-state index in [9.17, 15) is 4.79 Å². The van der Waals surface area contributed by atoms with Crippen LogP contribution in [0.2, 0.25) is 31.7 Å². The number of nitrogens with one attached hydrogen (secondary N) is 1. The van der Waals surface area contributed by atoms with Gasteiger partial charge in [0.25, 0.3) is 0 Å². The smallest absolute Gasteiger partial charge is 0.450 e. The van der Waals surface area contributed by atoms with E-state index in [1.54, 1.807) is 0 Å². The summed E-state index contributed by atoms with van der Waals surface area (Å²) in [6, 6.07) is 1.71. The van der Waals surface area contributed by atoms with Crippen molar-refractivity contribution in [2.75, 3.05) is 33.0 Å². The molecule has 0 saturated heterocycles. The Bertz CT molecular complexity index is 306. The molecule has 0 aromatic rings. The van der Waals surface area contributed by atoms with Gasteiger partial charge in [-0.3, -0.25) is 0 Å². The molecule has 138 valence electrons. The van der Waals surface area contributed by atoms with Gasteiger partial charge in [-0.15, -0.1) is 0 Å². The molecule has 0 unspecified atom stereocenters. The van der Waals surface area contributed by atoms with E-state index in [-0.39, 0.29) is 6.09 Å². The third-order valence-corrected chi connectivity index (χ3v) is 8.00. The highest BCUT2D eigenvalue weighted by molar-refractivity contribution is 6.76. The van der Waals surface area contributed by atoms with E-state index >= 15 is 0 Å². The number of carbonyl (C=O) groups excluding carboxylic acids is 1. The van der Waals surface area contributed by atoms with Crippen molar-refractivity contribution in [3.05, 3.63) is 0 Å². The van der Waals surface area contributed by atoms with E-state index in [2.05, 4.69) is 25.0 Å². The molecule has 0 heterocycles. The lowest BCUT2D eigenvalue weighted by Gasteiger charge is -2.28. The number of hydrogen-bond donors (Lipinski definition) is 1. The molecule has 8 heteroatoms. The van der Waals surface area contributed by atoms with E-state index in [0.29, 0.717) is 45.4 Å². The molecule has 0 bridgehead atoms. The van der Waals surface area contributed by atoms with Gasteiger partial charge in [-0.2, -0.15) is 0 Å². The highest BCUT2D eigenvalue weighted by Crippen LogP contribution is 2.18. The van der Waals surface area contributed by atoms with E-state index in [4.69, 9.17) is 18.0 Å².